The van der Waals surface area contributed by atoms with Gasteiger partial charge < -0.3 is 0 Å². The van der Waals surface area contributed by atoms with Gasteiger partial charge in [-0.3, -0.25) is 0 Å². The van der Waals surface area contributed by atoms with Crippen LogP contribution < -0.4 is 0 Å². The van der Waals surface area contributed by atoms with Crippen molar-refractivity contribution in [1.29, 1.82) is 0 Å². The van der Waals surface area contributed by atoms with Crippen LogP contribution in [0.4, 0.5) is 4.39 Å². The molecule has 0 unspecified atom stereocenters. The van der Waals surface area contributed by atoms with Crippen molar-refractivity contribution in [2.45, 2.75) is 90.9 Å². The molecule has 0 amide bonds. The van der Waals surface area contributed by atoms with Crippen LogP contribution in [0.1, 0.15) is 100 Å². The van der Waals surface area contributed by atoms with Crippen LogP contribution in [0, 0.1) is 29.5 Å². The summed E-state index contributed by atoms with van der Waals surface area (Å²) in [7, 11) is 0. The molecule has 1 fully saturated rings. The number of aryl methyl sites for hydroxylation is 2. The molecule has 3 aromatic rings. The van der Waals surface area contributed by atoms with E-state index in [1.54, 1.807) is 0 Å². The summed E-state index contributed by atoms with van der Waals surface area (Å²) in [6, 6.07) is 18.5. The second-order valence-electron chi connectivity index (χ2n) is 10.8. The van der Waals surface area contributed by atoms with Gasteiger partial charge >= 0.3 is 0 Å². The number of rotatable bonds is 9. The molecule has 1 heteroatoms. The second kappa shape index (κ2) is 12.9. The largest absolute Gasteiger partial charge is 0.205 e. The van der Waals surface area contributed by atoms with E-state index < -0.39 is 0 Å². The molecule has 1 aliphatic carbocycles. The van der Waals surface area contributed by atoms with E-state index in [0.29, 0.717) is 10.9 Å². The Morgan fingerprint density at radius 1 is 0.771 bits per heavy atom. The number of unbranched alkanes of at least 4 members (excludes halogenated alkanes) is 4. The van der Waals surface area contributed by atoms with Crippen LogP contribution >= 0.6 is 0 Å². The van der Waals surface area contributed by atoms with Gasteiger partial charge in [0.1, 0.15) is 5.82 Å². The molecule has 1 saturated carbocycles. The molecule has 0 atom stereocenters. The average molecular weight is 469 g/mol. The lowest BCUT2D eigenvalue weighted by Crippen LogP contribution is -2.12. The fourth-order valence-electron chi connectivity index (χ4n) is 5.41. The first kappa shape index (κ1) is 25.5. The standard InChI is InChI=1S/C34H41F/c1-3-4-5-6-7-8-30-20-24-33-32(25-30)23-22-31(34(33)35)21-19-29-17-15-28(16-18-29)14-13-27-11-9-26(2)10-12-27/h15-18,20,22-27H,3-14H2,1-2H3. The number of hydrogen-bond acceptors (Lipinski definition) is 0. The molecule has 35 heavy (non-hydrogen) atoms. The van der Waals surface area contributed by atoms with E-state index in [4.69, 9.17) is 0 Å². The maximum Gasteiger partial charge on any atom is 0.146 e. The van der Waals surface area contributed by atoms with Crippen molar-refractivity contribution < 1.29 is 4.39 Å². The molecule has 0 N–H and O–H groups in total. The monoisotopic (exact) mass is 468 g/mol. The minimum Gasteiger partial charge on any atom is -0.205 e. The second-order valence-corrected chi connectivity index (χ2v) is 10.8. The maximum absolute atomic E-state index is 15.2. The van der Waals surface area contributed by atoms with Crippen LogP contribution in [0.25, 0.3) is 10.8 Å². The first-order chi connectivity index (χ1) is 17.1. The van der Waals surface area contributed by atoms with Crippen molar-refractivity contribution in [1.82, 2.24) is 0 Å². The van der Waals surface area contributed by atoms with Crippen molar-refractivity contribution >= 4 is 10.8 Å². The Kier molecular flexibility index (Phi) is 9.42. The van der Waals surface area contributed by atoms with Crippen LogP contribution in [-0.4, -0.2) is 0 Å². The lowest BCUT2D eigenvalue weighted by Gasteiger charge is -2.26. The van der Waals surface area contributed by atoms with Gasteiger partial charge in [-0.05, 0) is 72.2 Å². The zero-order chi connectivity index (χ0) is 24.5. The third-order valence-corrected chi connectivity index (χ3v) is 7.86. The minimum absolute atomic E-state index is 0.206. The summed E-state index contributed by atoms with van der Waals surface area (Å²) in [5.41, 5.74) is 4.09. The SMILES string of the molecule is CCCCCCCc1ccc2c(F)c(C#Cc3ccc(CCC4CCC(C)CC4)cc3)ccc2c1. The molecular formula is C34H41F. The summed E-state index contributed by atoms with van der Waals surface area (Å²) in [4.78, 5) is 0. The third-order valence-electron chi connectivity index (χ3n) is 7.86. The smallest absolute Gasteiger partial charge is 0.146 e. The number of halogens is 1. The highest BCUT2D eigenvalue weighted by Crippen LogP contribution is 2.31. The fourth-order valence-corrected chi connectivity index (χ4v) is 5.41. The van der Waals surface area contributed by atoms with Gasteiger partial charge in [-0.25, -0.2) is 4.39 Å². The molecule has 1 aliphatic rings. The topological polar surface area (TPSA) is 0 Å². The molecule has 0 aromatic heterocycles. The van der Waals surface area contributed by atoms with Crippen LogP contribution in [0.2, 0.25) is 0 Å². The van der Waals surface area contributed by atoms with Crippen LogP contribution in [0.15, 0.2) is 54.6 Å². The van der Waals surface area contributed by atoms with Gasteiger partial charge in [0, 0.05) is 10.9 Å². The molecular weight excluding hydrogens is 427 g/mol. The Bertz CT molecular complexity index is 1140. The van der Waals surface area contributed by atoms with Crippen molar-refractivity contribution in [2.24, 2.45) is 11.8 Å². The van der Waals surface area contributed by atoms with Gasteiger partial charge in [0.05, 0.1) is 5.56 Å². The quantitative estimate of drug-likeness (QED) is 0.216. The molecule has 0 aliphatic heterocycles. The summed E-state index contributed by atoms with van der Waals surface area (Å²) in [5, 5.41) is 1.63. The summed E-state index contributed by atoms with van der Waals surface area (Å²) in [6.07, 6.45) is 15.4. The first-order valence-electron chi connectivity index (χ1n) is 13.9. The predicted octanol–water partition coefficient (Wildman–Crippen LogP) is 9.65. The Labute approximate surface area is 212 Å². The summed E-state index contributed by atoms with van der Waals surface area (Å²) >= 11 is 0. The highest BCUT2D eigenvalue weighted by Gasteiger charge is 2.17. The van der Waals surface area contributed by atoms with Gasteiger partial charge in [0.25, 0.3) is 0 Å². The predicted molar refractivity (Wildman–Crippen MR) is 148 cm³/mol. The molecule has 0 spiro atoms. The van der Waals surface area contributed by atoms with E-state index in [9.17, 15) is 0 Å². The van der Waals surface area contributed by atoms with Gasteiger partial charge in [0.2, 0.25) is 0 Å². The minimum atomic E-state index is -0.206. The van der Waals surface area contributed by atoms with Crippen molar-refractivity contribution in [3.63, 3.8) is 0 Å². The fraction of sp³-hybridized carbons (Fsp3) is 0.471. The number of hydrogen-bond donors (Lipinski definition) is 0. The molecule has 0 nitrogen and oxygen atoms in total. The van der Waals surface area contributed by atoms with Crippen molar-refractivity contribution in [3.8, 4) is 11.8 Å². The van der Waals surface area contributed by atoms with E-state index in [1.165, 1.54) is 75.3 Å². The van der Waals surface area contributed by atoms with Gasteiger partial charge in [-0.2, -0.15) is 0 Å². The van der Waals surface area contributed by atoms with E-state index >= 15 is 4.39 Å². The Morgan fingerprint density at radius 3 is 2.29 bits per heavy atom. The van der Waals surface area contributed by atoms with E-state index in [0.717, 1.165) is 35.6 Å². The molecule has 0 bridgehead atoms. The van der Waals surface area contributed by atoms with E-state index in [1.807, 2.05) is 18.2 Å². The van der Waals surface area contributed by atoms with Crippen LogP contribution in [0.5, 0.6) is 0 Å². The Hall–Kier alpha value is -2.59. The van der Waals surface area contributed by atoms with E-state index in [2.05, 4.69) is 62.1 Å². The van der Waals surface area contributed by atoms with Gasteiger partial charge in [-0.1, -0.05) is 113 Å². The van der Waals surface area contributed by atoms with Crippen LogP contribution in [-0.2, 0) is 12.8 Å². The van der Waals surface area contributed by atoms with Crippen molar-refractivity contribution in [2.75, 3.05) is 0 Å². The number of benzene rings is 3. The molecule has 0 saturated heterocycles. The first-order valence-corrected chi connectivity index (χ1v) is 13.9. The molecule has 0 radical (unpaired) electrons. The summed E-state index contributed by atoms with van der Waals surface area (Å²) < 4.78 is 15.2. The molecule has 184 valence electrons. The van der Waals surface area contributed by atoms with E-state index in [-0.39, 0.29) is 5.82 Å². The van der Waals surface area contributed by atoms with Gasteiger partial charge in [0.15, 0.2) is 0 Å². The van der Waals surface area contributed by atoms with Crippen LogP contribution in [0.3, 0.4) is 0 Å². The molecule has 0 heterocycles. The lowest BCUT2D eigenvalue weighted by atomic mass is 9.80. The normalized spacial score (nSPS) is 17.8. The highest BCUT2D eigenvalue weighted by atomic mass is 19.1. The van der Waals surface area contributed by atoms with Gasteiger partial charge in [-0.15, -0.1) is 0 Å². The summed E-state index contributed by atoms with van der Waals surface area (Å²) in [6.45, 7) is 4.62. The molecule has 3 aromatic carbocycles. The zero-order valence-corrected chi connectivity index (χ0v) is 21.7. The zero-order valence-electron chi connectivity index (χ0n) is 21.7. The number of fused-ring (bicyclic) bond motifs is 1. The summed E-state index contributed by atoms with van der Waals surface area (Å²) in [5.74, 6) is 7.84. The molecule has 4 rings (SSSR count). The van der Waals surface area contributed by atoms with Crippen molar-refractivity contribution in [3.05, 3.63) is 82.7 Å². The average Bonchev–Trinajstić information content (AvgIpc) is 2.88. The highest BCUT2D eigenvalue weighted by molar-refractivity contribution is 5.85. The Balaban J connectivity index is 1.35. The maximum atomic E-state index is 15.2. The third kappa shape index (κ3) is 7.44. The lowest BCUT2D eigenvalue weighted by molar-refractivity contribution is 0.278. The Morgan fingerprint density at radius 2 is 1.51 bits per heavy atom.